The van der Waals surface area contributed by atoms with Crippen molar-refractivity contribution in [2.24, 2.45) is 5.73 Å². The first kappa shape index (κ1) is 15.3. The first-order valence-electron chi connectivity index (χ1n) is 6.95. The summed E-state index contributed by atoms with van der Waals surface area (Å²) in [6.07, 6.45) is 0.560. The van der Waals surface area contributed by atoms with Crippen LogP contribution in [0.4, 0.5) is 4.79 Å². The van der Waals surface area contributed by atoms with Gasteiger partial charge in [-0.1, -0.05) is 13.0 Å². The van der Waals surface area contributed by atoms with Crippen LogP contribution in [0.5, 0.6) is 5.75 Å². The molecule has 3 amide bonds. The number of benzene rings is 1. The van der Waals surface area contributed by atoms with Crippen LogP contribution in [0.15, 0.2) is 18.2 Å². The summed E-state index contributed by atoms with van der Waals surface area (Å²) in [5.74, 6) is 0.511. The van der Waals surface area contributed by atoms with Gasteiger partial charge >= 0.3 is 6.03 Å². The highest BCUT2D eigenvalue weighted by Crippen LogP contribution is 2.25. The largest absolute Gasteiger partial charge is 0.496 e. The number of methoxy groups -OCH3 is 1. The Hall–Kier alpha value is -2.08. The smallest absolute Gasteiger partial charge is 0.325 e. The van der Waals surface area contributed by atoms with Gasteiger partial charge in [0.1, 0.15) is 11.3 Å². The van der Waals surface area contributed by atoms with Gasteiger partial charge in [-0.2, -0.15) is 0 Å². The Kier molecular flexibility index (Phi) is 4.18. The number of ether oxygens (including phenoxy) is 1. The van der Waals surface area contributed by atoms with E-state index in [0.29, 0.717) is 18.7 Å². The normalized spacial score (nSPS) is 21.6. The summed E-state index contributed by atoms with van der Waals surface area (Å²) < 4.78 is 5.21. The molecular formula is C15H21N3O3. The number of nitrogens with zero attached hydrogens (tertiary/aromatic N) is 1. The van der Waals surface area contributed by atoms with Gasteiger partial charge in [-0.3, -0.25) is 9.69 Å². The number of nitrogens with one attached hydrogen (secondary N) is 1. The molecule has 0 saturated carbocycles. The maximum absolute atomic E-state index is 12.3. The van der Waals surface area contributed by atoms with Gasteiger partial charge in [-0.05, 0) is 31.0 Å². The lowest BCUT2D eigenvalue weighted by molar-refractivity contribution is -0.131. The molecule has 1 aliphatic heterocycles. The van der Waals surface area contributed by atoms with E-state index in [1.807, 2.05) is 19.1 Å². The Morgan fingerprint density at radius 3 is 2.62 bits per heavy atom. The van der Waals surface area contributed by atoms with Crippen molar-refractivity contribution in [2.45, 2.75) is 38.9 Å². The Morgan fingerprint density at radius 1 is 1.38 bits per heavy atom. The molecule has 6 heteroatoms. The summed E-state index contributed by atoms with van der Waals surface area (Å²) in [6, 6.07) is 5.14. The van der Waals surface area contributed by atoms with Gasteiger partial charge < -0.3 is 15.8 Å². The fraction of sp³-hybridized carbons (Fsp3) is 0.467. The SMILES string of the molecule is CCC1(C)NC(=O)N(Cc2ccc(OC)c(CN)c2)C1=O. The molecule has 6 nitrogen and oxygen atoms in total. The Labute approximate surface area is 124 Å². The molecule has 0 radical (unpaired) electrons. The Balaban J connectivity index is 2.22. The average molecular weight is 291 g/mol. The molecule has 1 aliphatic rings. The summed E-state index contributed by atoms with van der Waals surface area (Å²) in [4.78, 5) is 25.6. The Morgan fingerprint density at radius 2 is 2.10 bits per heavy atom. The van der Waals surface area contributed by atoms with Gasteiger partial charge in [0.2, 0.25) is 0 Å². The average Bonchev–Trinajstić information content (AvgIpc) is 2.71. The van der Waals surface area contributed by atoms with E-state index in [2.05, 4.69) is 5.32 Å². The molecule has 0 aliphatic carbocycles. The van der Waals surface area contributed by atoms with Gasteiger partial charge in [-0.15, -0.1) is 0 Å². The second kappa shape index (κ2) is 5.73. The number of carbonyl (C=O) groups excluding carboxylic acids is 2. The Bertz CT molecular complexity index is 573. The third-order valence-corrected chi connectivity index (χ3v) is 3.96. The van der Waals surface area contributed by atoms with Crippen LogP contribution in [-0.4, -0.2) is 29.5 Å². The van der Waals surface area contributed by atoms with Crippen LogP contribution in [0.25, 0.3) is 0 Å². The first-order valence-corrected chi connectivity index (χ1v) is 6.95. The quantitative estimate of drug-likeness (QED) is 0.803. The molecular weight excluding hydrogens is 270 g/mol. The van der Waals surface area contributed by atoms with Crippen molar-refractivity contribution >= 4 is 11.9 Å². The molecule has 1 saturated heterocycles. The summed E-state index contributed by atoms with van der Waals surface area (Å²) in [6.45, 7) is 4.19. The standard InChI is InChI=1S/C15H21N3O3/c1-4-15(2)13(19)18(14(20)17-15)9-10-5-6-12(21-3)11(7-10)8-16/h5-7H,4,8-9,16H2,1-3H3,(H,17,20). The molecule has 1 unspecified atom stereocenters. The molecule has 0 aromatic heterocycles. The highest BCUT2D eigenvalue weighted by molar-refractivity contribution is 6.06. The third-order valence-electron chi connectivity index (χ3n) is 3.96. The zero-order valence-corrected chi connectivity index (χ0v) is 12.6. The second-order valence-electron chi connectivity index (χ2n) is 5.36. The first-order chi connectivity index (χ1) is 9.95. The highest BCUT2D eigenvalue weighted by Gasteiger charge is 2.46. The maximum Gasteiger partial charge on any atom is 0.325 e. The van der Waals surface area contributed by atoms with Crippen molar-refractivity contribution in [1.29, 1.82) is 0 Å². The number of urea groups is 1. The molecule has 114 valence electrons. The lowest BCUT2D eigenvalue weighted by Gasteiger charge is -2.19. The van der Waals surface area contributed by atoms with Crippen molar-refractivity contribution in [3.8, 4) is 5.75 Å². The summed E-state index contributed by atoms with van der Waals surface area (Å²) >= 11 is 0. The van der Waals surface area contributed by atoms with Crippen molar-refractivity contribution in [3.63, 3.8) is 0 Å². The van der Waals surface area contributed by atoms with Crippen molar-refractivity contribution in [1.82, 2.24) is 10.2 Å². The molecule has 1 atom stereocenters. The van der Waals surface area contributed by atoms with Crippen molar-refractivity contribution < 1.29 is 14.3 Å². The second-order valence-corrected chi connectivity index (χ2v) is 5.36. The van der Waals surface area contributed by atoms with E-state index in [1.165, 1.54) is 4.90 Å². The number of imide groups is 1. The minimum atomic E-state index is -0.805. The molecule has 0 bridgehead atoms. The van der Waals surface area contributed by atoms with E-state index in [0.717, 1.165) is 11.1 Å². The van der Waals surface area contributed by atoms with Gasteiger partial charge in [0.05, 0.1) is 13.7 Å². The van der Waals surface area contributed by atoms with Crippen LogP contribution in [-0.2, 0) is 17.9 Å². The summed E-state index contributed by atoms with van der Waals surface area (Å²) in [5, 5.41) is 2.74. The zero-order valence-electron chi connectivity index (χ0n) is 12.6. The molecule has 2 rings (SSSR count). The molecule has 1 aromatic rings. The molecule has 3 N–H and O–H groups in total. The molecule has 1 fully saturated rings. The van der Waals surface area contributed by atoms with Gasteiger partial charge in [0.15, 0.2) is 0 Å². The predicted octanol–water partition coefficient (Wildman–Crippen LogP) is 1.37. The minimum absolute atomic E-state index is 0.194. The van der Waals surface area contributed by atoms with E-state index >= 15 is 0 Å². The molecule has 21 heavy (non-hydrogen) atoms. The van der Waals surface area contributed by atoms with Gasteiger partial charge in [-0.25, -0.2) is 4.79 Å². The van der Waals surface area contributed by atoms with E-state index < -0.39 is 5.54 Å². The van der Waals surface area contributed by atoms with Crippen molar-refractivity contribution in [3.05, 3.63) is 29.3 Å². The maximum atomic E-state index is 12.3. The van der Waals surface area contributed by atoms with Crippen LogP contribution in [0, 0.1) is 0 Å². The summed E-state index contributed by atoms with van der Waals surface area (Å²) in [7, 11) is 1.58. The number of rotatable bonds is 5. The van der Waals surface area contributed by atoms with Crippen LogP contribution >= 0.6 is 0 Å². The number of hydrogen-bond acceptors (Lipinski definition) is 4. The predicted molar refractivity (Wildman–Crippen MR) is 78.7 cm³/mol. The molecule has 1 heterocycles. The highest BCUT2D eigenvalue weighted by atomic mass is 16.5. The summed E-state index contributed by atoms with van der Waals surface area (Å²) in [5.41, 5.74) is 6.57. The van der Waals surface area contributed by atoms with Gasteiger partial charge in [0.25, 0.3) is 5.91 Å². The van der Waals surface area contributed by atoms with Crippen molar-refractivity contribution in [2.75, 3.05) is 7.11 Å². The van der Waals surface area contributed by atoms with Crippen LogP contribution in [0.2, 0.25) is 0 Å². The topological polar surface area (TPSA) is 84.7 Å². The van der Waals surface area contributed by atoms with E-state index in [1.54, 1.807) is 20.1 Å². The number of hydrogen-bond donors (Lipinski definition) is 2. The monoisotopic (exact) mass is 291 g/mol. The third kappa shape index (κ3) is 2.71. The lowest BCUT2D eigenvalue weighted by atomic mass is 9.99. The van der Waals surface area contributed by atoms with Crippen LogP contribution < -0.4 is 15.8 Å². The molecule has 1 aromatic carbocycles. The lowest BCUT2D eigenvalue weighted by Crippen LogP contribution is -2.43. The minimum Gasteiger partial charge on any atom is -0.496 e. The van der Waals surface area contributed by atoms with E-state index in [4.69, 9.17) is 10.5 Å². The van der Waals surface area contributed by atoms with E-state index in [9.17, 15) is 9.59 Å². The number of carbonyl (C=O) groups is 2. The van der Waals surface area contributed by atoms with Crippen LogP contribution in [0.1, 0.15) is 31.4 Å². The molecule has 0 spiro atoms. The zero-order chi connectivity index (χ0) is 15.6. The van der Waals surface area contributed by atoms with E-state index in [-0.39, 0.29) is 18.5 Å². The fourth-order valence-electron chi connectivity index (χ4n) is 2.40. The van der Waals surface area contributed by atoms with Gasteiger partial charge in [0, 0.05) is 12.1 Å². The van der Waals surface area contributed by atoms with Crippen LogP contribution in [0.3, 0.4) is 0 Å². The number of amides is 3. The fourth-order valence-corrected chi connectivity index (χ4v) is 2.40. The number of nitrogens with two attached hydrogens (primary N) is 1.